The molecule has 0 fully saturated rings. The van der Waals surface area contributed by atoms with E-state index < -0.39 is 11.9 Å². The summed E-state index contributed by atoms with van der Waals surface area (Å²) in [4.78, 5) is 11.9. The lowest BCUT2D eigenvalue weighted by atomic mass is 9.88. The van der Waals surface area contributed by atoms with E-state index in [1.54, 1.807) is 14.2 Å². The summed E-state index contributed by atoms with van der Waals surface area (Å²) in [5, 5.41) is 9.75. The predicted molar refractivity (Wildman–Crippen MR) is 82.9 cm³/mol. The van der Waals surface area contributed by atoms with Crippen LogP contribution in [0.3, 0.4) is 0 Å². The Hall–Kier alpha value is -2.49. The molecule has 0 amide bonds. The Morgan fingerprint density at radius 1 is 0.955 bits per heavy atom. The molecule has 0 bridgehead atoms. The maximum Gasteiger partial charge on any atom is 0.315 e. The van der Waals surface area contributed by atoms with Crippen molar-refractivity contribution in [1.82, 2.24) is 0 Å². The number of carbonyl (C=O) groups is 1. The predicted octanol–water partition coefficient (Wildman–Crippen LogP) is 3.02. The van der Waals surface area contributed by atoms with Gasteiger partial charge in [-0.2, -0.15) is 0 Å². The van der Waals surface area contributed by atoms with Crippen LogP contribution >= 0.6 is 0 Å². The van der Waals surface area contributed by atoms with E-state index in [1.807, 2.05) is 36.4 Å². The molecule has 22 heavy (non-hydrogen) atoms. The summed E-state index contributed by atoms with van der Waals surface area (Å²) in [6.45, 7) is 0. The molecule has 114 valence electrons. The van der Waals surface area contributed by atoms with Gasteiger partial charge in [0.25, 0.3) is 0 Å². The van der Waals surface area contributed by atoms with Crippen LogP contribution < -0.4 is 9.47 Å². The summed E-state index contributed by atoms with van der Waals surface area (Å²) in [6, 6.07) is 11.3. The van der Waals surface area contributed by atoms with Crippen LogP contribution in [0.4, 0.5) is 0 Å². The summed E-state index contributed by atoms with van der Waals surface area (Å²) in [6.07, 6.45) is 1.58. The van der Waals surface area contributed by atoms with Gasteiger partial charge in [-0.3, -0.25) is 4.79 Å². The van der Waals surface area contributed by atoms with E-state index in [0.717, 1.165) is 46.6 Å². The smallest absolute Gasteiger partial charge is 0.315 e. The molecule has 0 radical (unpaired) electrons. The van der Waals surface area contributed by atoms with Crippen molar-refractivity contribution in [2.24, 2.45) is 0 Å². The first-order valence-electron chi connectivity index (χ1n) is 7.20. The van der Waals surface area contributed by atoms with E-state index in [-0.39, 0.29) is 0 Å². The highest BCUT2D eigenvalue weighted by atomic mass is 16.5. The number of benzene rings is 2. The molecule has 0 saturated heterocycles. The fraction of sp³-hybridized carbons (Fsp3) is 0.278. The number of hydrogen-bond acceptors (Lipinski definition) is 3. The van der Waals surface area contributed by atoms with Crippen LogP contribution in [-0.4, -0.2) is 25.3 Å². The van der Waals surface area contributed by atoms with Gasteiger partial charge < -0.3 is 14.6 Å². The Balaban J connectivity index is 2.16. The van der Waals surface area contributed by atoms with Gasteiger partial charge in [0, 0.05) is 0 Å². The largest absolute Gasteiger partial charge is 0.497 e. The van der Waals surface area contributed by atoms with Crippen molar-refractivity contribution in [3.8, 4) is 11.5 Å². The number of ether oxygens (including phenoxy) is 2. The van der Waals surface area contributed by atoms with Crippen molar-refractivity contribution in [3.05, 3.63) is 58.7 Å². The van der Waals surface area contributed by atoms with Crippen molar-refractivity contribution in [2.75, 3.05) is 14.2 Å². The third-order valence-corrected chi connectivity index (χ3v) is 4.23. The molecule has 0 spiro atoms. The second kappa shape index (κ2) is 5.72. The molecule has 0 aromatic heterocycles. The van der Waals surface area contributed by atoms with E-state index in [1.165, 1.54) is 0 Å². The van der Waals surface area contributed by atoms with E-state index in [4.69, 9.17) is 9.47 Å². The zero-order valence-corrected chi connectivity index (χ0v) is 12.6. The van der Waals surface area contributed by atoms with Gasteiger partial charge >= 0.3 is 5.97 Å². The van der Waals surface area contributed by atoms with Gasteiger partial charge in [0.05, 0.1) is 14.2 Å². The number of carboxylic acid groups (broad SMARTS) is 1. The summed E-state index contributed by atoms with van der Waals surface area (Å²) in [7, 11) is 3.24. The third-order valence-electron chi connectivity index (χ3n) is 4.23. The van der Waals surface area contributed by atoms with Gasteiger partial charge in [-0.1, -0.05) is 12.1 Å². The molecule has 1 N–H and O–H groups in total. The average molecular weight is 298 g/mol. The molecule has 0 saturated carbocycles. The molecule has 1 aliphatic rings. The Labute approximate surface area is 129 Å². The highest BCUT2D eigenvalue weighted by Crippen LogP contribution is 2.37. The van der Waals surface area contributed by atoms with Crippen molar-refractivity contribution >= 4 is 5.97 Å². The molecule has 0 aliphatic heterocycles. The first-order valence-corrected chi connectivity index (χ1v) is 7.20. The van der Waals surface area contributed by atoms with Crippen LogP contribution in [0.25, 0.3) is 0 Å². The molecule has 3 rings (SSSR count). The lowest BCUT2D eigenvalue weighted by Gasteiger charge is -2.17. The monoisotopic (exact) mass is 298 g/mol. The van der Waals surface area contributed by atoms with E-state index in [9.17, 15) is 9.90 Å². The van der Waals surface area contributed by atoms with Crippen LogP contribution in [0, 0.1) is 0 Å². The molecular weight excluding hydrogens is 280 g/mol. The Morgan fingerprint density at radius 2 is 1.41 bits per heavy atom. The molecule has 2 aromatic carbocycles. The molecule has 4 heteroatoms. The Bertz CT molecular complexity index is 666. The minimum atomic E-state index is -0.834. The lowest BCUT2D eigenvalue weighted by Crippen LogP contribution is -2.14. The Kier molecular flexibility index (Phi) is 3.75. The van der Waals surface area contributed by atoms with Crippen LogP contribution in [-0.2, 0) is 17.6 Å². The van der Waals surface area contributed by atoms with Gasteiger partial charge in [-0.25, -0.2) is 0 Å². The zero-order valence-electron chi connectivity index (χ0n) is 12.6. The molecule has 0 atom stereocenters. The Morgan fingerprint density at radius 3 is 1.77 bits per heavy atom. The van der Waals surface area contributed by atoms with Crippen LogP contribution in [0.5, 0.6) is 11.5 Å². The number of fused-ring (bicyclic) bond motifs is 2. The first-order chi connectivity index (χ1) is 10.6. The molecule has 0 unspecified atom stereocenters. The zero-order chi connectivity index (χ0) is 15.7. The van der Waals surface area contributed by atoms with Gasteiger partial charge in [-0.15, -0.1) is 0 Å². The SMILES string of the molecule is COc1ccc2c(c1)CCc1cc(OC)ccc1C2C(=O)O. The molecule has 0 heterocycles. The van der Waals surface area contributed by atoms with Gasteiger partial charge in [0.1, 0.15) is 17.4 Å². The third kappa shape index (κ3) is 2.41. The second-order valence-electron chi connectivity index (χ2n) is 5.40. The maximum absolute atomic E-state index is 11.9. The highest BCUT2D eigenvalue weighted by molar-refractivity contribution is 5.82. The maximum atomic E-state index is 11.9. The fourth-order valence-corrected chi connectivity index (χ4v) is 3.12. The summed E-state index contributed by atoms with van der Waals surface area (Å²) in [5.41, 5.74) is 3.75. The van der Waals surface area contributed by atoms with Gasteiger partial charge in [0.15, 0.2) is 0 Å². The quantitative estimate of drug-likeness (QED) is 0.946. The fourth-order valence-electron chi connectivity index (χ4n) is 3.12. The minimum Gasteiger partial charge on any atom is -0.497 e. The summed E-state index contributed by atoms with van der Waals surface area (Å²) >= 11 is 0. The van der Waals surface area contributed by atoms with Crippen molar-refractivity contribution in [2.45, 2.75) is 18.8 Å². The van der Waals surface area contributed by atoms with Crippen LogP contribution in [0.15, 0.2) is 36.4 Å². The van der Waals surface area contributed by atoms with Crippen molar-refractivity contribution < 1.29 is 19.4 Å². The van der Waals surface area contributed by atoms with E-state index in [0.29, 0.717) is 0 Å². The highest BCUT2D eigenvalue weighted by Gasteiger charge is 2.29. The van der Waals surface area contributed by atoms with Crippen molar-refractivity contribution in [3.63, 3.8) is 0 Å². The van der Waals surface area contributed by atoms with E-state index >= 15 is 0 Å². The number of rotatable bonds is 3. The minimum absolute atomic E-state index is 0.649. The number of hydrogen-bond donors (Lipinski definition) is 1. The van der Waals surface area contributed by atoms with Crippen LogP contribution in [0.1, 0.15) is 28.2 Å². The second-order valence-corrected chi connectivity index (χ2v) is 5.40. The summed E-state index contributed by atoms with van der Waals surface area (Å²) in [5.74, 6) is 0.0295. The normalized spacial score (nSPS) is 13.7. The van der Waals surface area contributed by atoms with Crippen LogP contribution in [0.2, 0.25) is 0 Å². The van der Waals surface area contributed by atoms with Gasteiger partial charge in [0.2, 0.25) is 0 Å². The molecular formula is C18H18O4. The topological polar surface area (TPSA) is 55.8 Å². The van der Waals surface area contributed by atoms with Crippen molar-refractivity contribution in [1.29, 1.82) is 0 Å². The standard InChI is InChI=1S/C18H18O4/c1-21-13-5-7-15-11(9-13)3-4-12-10-14(22-2)6-8-16(12)17(15)18(19)20/h5-10,17H,3-4H2,1-2H3,(H,19,20). The molecule has 1 aliphatic carbocycles. The first kappa shape index (κ1) is 14.4. The molecule has 4 nitrogen and oxygen atoms in total. The lowest BCUT2D eigenvalue weighted by molar-refractivity contribution is -0.137. The number of aryl methyl sites for hydroxylation is 2. The number of carboxylic acids is 1. The average Bonchev–Trinajstić information content (AvgIpc) is 2.70. The number of methoxy groups -OCH3 is 2. The summed E-state index contributed by atoms with van der Waals surface area (Å²) < 4.78 is 10.5. The number of aliphatic carboxylic acids is 1. The van der Waals surface area contributed by atoms with Gasteiger partial charge in [-0.05, 0) is 59.4 Å². The van der Waals surface area contributed by atoms with E-state index in [2.05, 4.69) is 0 Å². The molecule has 2 aromatic rings.